The molecule has 1 aliphatic rings. The third-order valence-electron chi connectivity index (χ3n) is 5.34. The van der Waals surface area contributed by atoms with Gasteiger partial charge in [0.15, 0.2) is 12.4 Å². The summed E-state index contributed by atoms with van der Waals surface area (Å²) in [7, 11) is 0. The third-order valence-corrected chi connectivity index (χ3v) is 5.34. The van der Waals surface area contributed by atoms with E-state index in [-0.39, 0.29) is 12.6 Å². The molecule has 0 fully saturated rings. The maximum atomic E-state index is 14.0. The van der Waals surface area contributed by atoms with Gasteiger partial charge in [0.2, 0.25) is 0 Å². The summed E-state index contributed by atoms with van der Waals surface area (Å²) in [5.74, 6) is 1.25. The SMILES string of the molecule is Cc1cc(NCCc2cc(F)cc3c2OCOC3)n2c(nc3ccccc32)c1C#N. The molecule has 0 radical (unpaired) electrons. The lowest BCUT2D eigenvalue weighted by molar-refractivity contribution is -0.0172. The average molecular weight is 402 g/mol. The molecule has 1 N–H and O–H groups in total. The first kappa shape index (κ1) is 18.4. The fraction of sp³-hybridized carbons (Fsp3) is 0.217. The molecule has 0 aliphatic carbocycles. The number of hydrogen-bond acceptors (Lipinski definition) is 5. The van der Waals surface area contributed by atoms with Crippen LogP contribution in [0.4, 0.5) is 10.2 Å². The molecule has 0 saturated heterocycles. The third kappa shape index (κ3) is 3.02. The van der Waals surface area contributed by atoms with Crippen LogP contribution in [0.2, 0.25) is 0 Å². The molecule has 0 amide bonds. The van der Waals surface area contributed by atoms with E-state index in [1.165, 1.54) is 12.1 Å². The van der Waals surface area contributed by atoms with Crippen LogP contribution in [0.15, 0.2) is 42.5 Å². The number of rotatable bonds is 4. The van der Waals surface area contributed by atoms with Crippen LogP contribution in [0.25, 0.3) is 16.7 Å². The number of nitrogens with one attached hydrogen (secondary N) is 1. The lowest BCUT2D eigenvalue weighted by Gasteiger charge is -2.21. The smallest absolute Gasteiger partial charge is 0.189 e. The van der Waals surface area contributed by atoms with E-state index in [4.69, 9.17) is 9.47 Å². The molecule has 2 aromatic heterocycles. The molecule has 0 spiro atoms. The Balaban J connectivity index is 1.50. The van der Waals surface area contributed by atoms with Crippen LogP contribution >= 0.6 is 0 Å². The Hall–Kier alpha value is -3.63. The molecule has 7 heteroatoms. The van der Waals surface area contributed by atoms with Crippen molar-refractivity contribution in [2.24, 2.45) is 0 Å². The Morgan fingerprint density at radius 2 is 2.13 bits per heavy atom. The number of nitrogens with zero attached hydrogens (tertiary/aromatic N) is 3. The van der Waals surface area contributed by atoms with E-state index in [0.29, 0.717) is 36.5 Å². The predicted molar refractivity (Wildman–Crippen MR) is 111 cm³/mol. The predicted octanol–water partition coefficient (Wildman–Crippen LogP) is 4.33. The van der Waals surface area contributed by atoms with E-state index in [2.05, 4.69) is 16.4 Å². The molecule has 0 bridgehead atoms. The molecular formula is C23H19FN4O2. The summed E-state index contributed by atoms with van der Waals surface area (Å²) in [4.78, 5) is 4.66. The van der Waals surface area contributed by atoms with Gasteiger partial charge in [0.1, 0.15) is 23.5 Å². The molecule has 1 aliphatic heterocycles. The standard InChI is InChI=1S/C23H19FN4O2/c1-14-8-21(28-20-5-3-2-4-19(20)27-23(28)18(14)11-25)26-7-6-15-9-17(24)10-16-12-29-13-30-22(15)16/h2-5,8-10,26H,6-7,12-13H2,1H3. The number of hydrogen-bond donors (Lipinski definition) is 1. The first-order valence-electron chi connectivity index (χ1n) is 9.72. The van der Waals surface area contributed by atoms with Gasteiger partial charge in [-0.15, -0.1) is 0 Å². The molecule has 0 atom stereocenters. The van der Waals surface area contributed by atoms with Crippen molar-refractivity contribution >= 4 is 22.5 Å². The average Bonchev–Trinajstić information content (AvgIpc) is 3.13. The molecule has 4 aromatic rings. The first-order chi connectivity index (χ1) is 14.7. The van der Waals surface area contributed by atoms with Gasteiger partial charge in [-0.05, 0) is 54.8 Å². The van der Waals surface area contributed by atoms with Gasteiger partial charge in [-0.3, -0.25) is 4.40 Å². The summed E-state index contributed by atoms with van der Waals surface area (Å²) in [6.07, 6.45) is 0.577. The first-order valence-corrected chi connectivity index (χ1v) is 9.72. The normalized spacial score (nSPS) is 13.1. The summed E-state index contributed by atoms with van der Waals surface area (Å²) in [6.45, 7) is 2.99. The van der Waals surface area contributed by atoms with Crippen LogP contribution < -0.4 is 10.1 Å². The van der Waals surface area contributed by atoms with Gasteiger partial charge < -0.3 is 14.8 Å². The minimum absolute atomic E-state index is 0.176. The molecule has 2 aromatic carbocycles. The summed E-state index contributed by atoms with van der Waals surface area (Å²) in [5, 5.41) is 13.0. The Bertz CT molecular complexity index is 1320. The zero-order chi connectivity index (χ0) is 20.7. The van der Waals surface area contributed by atoms with E-state index in [1.807, 2.05) is 41.7 Å². The van der Waals surface area contributed by atoms with Crippen LogP contribution in [0.3, 0.4) is 0 Å². The number of aromatic nitrogens is 2. The minimum atomic E-state index is -0.296. The number of ether oxygens (including phenoxy) is 2. The van der Waals surface area contributed by atoms with Crippen molar-refractivity contribution < 1.29 is 13.9 Å². The molecule has 5 rings (SSSR count). The monoisotopic (exact) mass is 402 g/mol. The molecule has 0 saturated carbocycles. The second kappa shape index (κ2) is 7.32. The lowest BCUT2D eigenvalue weighted by atomic mass is 10.1. The molecular weight excluding hydrogens is 383 g/mol. The van der Waals surface area contributed by atoms with Gasteiger partial charge in [-0.2, -0.15) is 5.26 Å². The second-order valence-electron chi connectivity index (χ2n) is 7.30. The molecule has 30 heavy (non-hydrogen) atoms. The number of anilines is 1. The molecule has 150 valence electrons. The van der Waals surface area contributed by atoms with Crippen molar-refractivity contribution in [3.05, 3.63) is 70.5 Å². The van der Waals surface area contributed by atoms with Crippen molar-refractivity contribution in [1.82, 2.24) is 9.38 Å². The molecule has 6 nitrogen and oxygen atoms in total. The quantitative estimate of drug-likeness (QED) is 0.550. The highest BCUT2D eigenvalue weighted by molar-refractivity contribution is 5.85. The summed E-state index contributed by atoms with van der Waals surface area (Å²) in [6, 6.07) is 15.0. The Morgan fingerprint density at radius 1 is 1.27 bits per heavy atom. The maximum Gasteiger partial charge on any atom is 0.189 e. The number of benzene rings is 2. The van der Waals surface area contributed by atoms with Crippen LogP contribution in [0, 0.1) is 24.1 Å². The zero-order valence-corrected chi connectivity index (χ0v) is 16.4. The number of para-hydroxylation sites is 2. The number of nitriles is 1. The Morgan fingerprint density at radius 3 is 3.00 bits per heavy atom. The van der Waals surface area contributed by atoms with Gasteiger partial charge in [-0.25, -0.2) is 9.37 Å². The van der Waals surface area contributed by atoms with Crippen LogP contribution in [-0.2, 0) is 17.8 Å². The topological polar surface area (TPSA) is 71.6 Å². The highest BCUT2D eigenvalue weighted by Crippen LogP contribution is 2.30. The van der Waals surface area contributed by atoms with E-state index >= 15 is 0 Å². The maximum absolute atomic E-state index is 14.0. The van der Waals surface area contributed by atoms with Gasteiger partial charge in [0.05, 0.1) is 23.2 Å². The van der Waals surface area contributed by atoms with Crippen molar-refractivity contribution in [3.63, 3.8) is 0 Å². The van der Waals surface area contributed by atoms with Gasteiger partial charge >= 0.3 is 0 Å². The molecule has 3 heterocycles. The summed E-state index contributed by atoms with van der Waals surface area (Å²) >= 11 is 0. The van der Waals surface area contributed by atoms with Gasteiger partial charge in [0.25, 0.3) is 0 Å². The van der Waals surface area contributed by atoms with Crippen LogP contribution in [0.5, 0.6) is 5.75 Å². The highest BCUT2D eigenvalue weighted by Gasteiger charge is 2.18. The summed E-state index contributed by atoms with van der Waals surface area (Å²) < 4.78 is 26.8. The largest absolute Gasteiger partial charge is 0.467 e. The Labute approximate surface area is 172 Å². The number of halogens is 1. The van der Waals surface area contributed by atoms with Gasteiger partial charge in [-0.1, -0.05) is 12.1 Å². The second-order valence-corrected chi connectivity index (χ2v) is 7.30. The number of aryl methyl sites for hydroxylation is 1. The van der Waals surface area contributed by atoms with Crippen LogP contribution in [0.1, 0.15) is 22.3 Å². The van der Waals surface area contributed by atoms with Crippen molar-refractivity contribution in [3.8, 4) is 11.8 Å². The van der Waals surface area contributed by atoms with E-state index in [1.54, 1.807) is 0 Å². The number of pyridine rings is 1. The van der Waals surface area contributed by atoms with E-state index in [9.17, 15) is 9.65 Å². The highest BCUT2D eigenvalue weighted by atomic mass is 19.1. The minimum Gasteiger partial charge on any atom is -0.467 e. The zero-order valence-electron chi connectivity index (χ0n) is 16.4. The number of imidazole rings is 1. The lowest BCUT2D eigenvalue weighted by Crippen LogP contribution is -2.15. The molecule has 0 unspecified atom stereocenters. The Kier molecular flexibility index (Phi) is 4.49. The fourth-order valence-corrected chi connectivity index (χ4v) is 3.99. The van der Waals surface area contributed by atoms with E-state index < -0.39 is 0 Å². The van der Waals surface area contributed by atoms with Crippen LogP contribution in [-0.4, -0.2) is 22.7 Å². The van der Waals surface area contributed by atoms with Crippen molar-refractivity contribution in [2.45, 2.75) is 20.0 Å². The summed E-state index contributed by atoms with van der Waals surface area (Å²) in [5.41, 5.74) is 5.33. The number of fused-ring (bicyclic) bond motifs is 4. The van der Waals surface area contributed by atoms with Crippen molar-refractivity contribution in [2.75, 3.05) is 18.7 Å². The van der Waals surface area contributed by atoms with Gasteiger partial charge in [0, 0.05) is 12.1 Å². The van der Waals surface area contributed by atoms with Crippen molar-refractivity contribution in [1.29, 1.82) is 5.26 Å². The fourth-order valence-electron chi connectivity index (χ4n) is 3.99. The van der Waals surface area contributed by atoms with E-state index in [0.717, 1.165) is 33.5 Å².